The molecule has 1 unspecified atom stereocenters. The lowest BCUT2D eigenvalue weighted by molar-refractivity contribution is -0.138. The number of amides is 2. The maximum Gasteiger partial charge on any atom is 0.331 e. The number of ether oxygens (including phenoxy) is 1. The van der Waals surface area contributed by atoms with Crippen LogP contribution in [-0.4, -0.2) is 51.5 Å². The minimum absolute atomic E-state index is 0.0943. The SMILES string of the molecule is CNC(=O)N(S)c1ccc(S(=O)(=O)NC(C=O)CC(=O)O)c(OCCc2cccc3ccccc23)c1. The number of carboxylic acids is 1. The van der Waals surface area contributed by atoms with Gasteiger partial charge >= 0.3 is 12.0 Å². The lowest BCUT2D eigenvalue weighted by Gasteiger charge is -2.19. The van der Waals surface area contributed by atoms with E-state index in [0.717, 1.165) is 20.6 Å². The first-order chi connectivity index (χ1) is 17.2. The highest BCUT2D eigenvalue weighted by atomic mass is 32.2. The van der Waals surface area contributed by atoms with Crippen molar-refractivity contribution in [1.29, 1.82) is 0 Å². The van der Waals surface area contributed by atoms with E-state index in [2.05, 4.69) is 22.9 Å². The number of nitrogens with one attached hydrogen (secondary N) is 2. The number of rotatable bonds is 11. The van der Waals surface area contributed by atoms with Gasteiger partial charge in [0, 0.05) is 19.5 Å². The van der Waals surface area contributed by atoms with Gasteiger partial charge < -0.3 is 20.0 Å². The van der Waals surface area contributed by atoms with Crippen molar-refractivity contribution in [3.63, 3.8) is 0 Å². The molecule has 2 amide bonds. The van der Waals surface area contributed by atoms with Crippen LogP contribution in [0.4, 0.5) is 10.5 Å². The Hall–Kier alpha value is -3.61. The number of aldehydes is 1. The number of anilines is 1. The summed E-state index contributed by atoms with van der Waals surface area (Å²) >= 11 is 4.13. The van der Waals surface area contributed by atoms with E-state index in [1.165, 1.54) is 25.2 Å². The molecule has 3 aromatic rings. The summed E-state index contributed by atoms with van der Waals surface area (Å²) in [5, 5.41) is 13.4. The van der Waals surface area contributed by atoms with Crippen molar-refractivity contribution in [2.24, 2.45) is 0 Å². The van der Waals surface area contributed by atoms with Crippen molar-refractivity contribution in [2.75, 3.05) is 18.0 Å². The number of carbonyl (C=O) groups is 3. The number of benzene rings is 3. The molecule has 12 heteroatoms. The van der Waals surface area contributed by atoms with Gasteiger partial charge in [-0.3, -0.25) is 4.79 Å². The van der Waals surface area contributed by atoms with Crippen molar-refractivity contribution < 1.29 is 32.6 Å². The smallest absolute Gasteiger partial charge is 0.331 e. The first-order valence-corrected chi connectivity index (χ1v) is 12.7. The third kappa shape index (κ3) is 6.53. The van der Waals surface area contributed by atoms with Crippen LogP contribution in [0.2, 0.25) is 0 Å². The van der Waals surface area contributed by atoms with Crippen molar-refractivity contribution in [3.05, 3.63) is 66.2 Å². The highest BCUT2D eigenvalue weighted by molar-refractivity contribution is 7.89. The summed E-state index contributed by atoms with van der Waals surface area (Å²) in [6.07, 6.45) is -0.0597. The summed E-state index contributed by atoms with van der Waals surface area (Å²) < 4.78 is 35.0. The molecule has 0 radical (unpaired) electrons. The van der Waals surface area contributed by atoms with Gasteiger partial charge in [-0.1, -0.05) is 55.3 Å². The largest absolute Gasteiger partial charge is 0.492 e. The summed E-state index contributed by atoms with van der Waals surface area (Å²) in [5.41, 5.74) is 1.23. The zero-order valence-electron chi connectivity index (χ0n) is 19.2. The Morgan fingerprint density at radius 3 is 2.56 bits per heavy atom. The predicted octanol–water partition coefficient (Wildman–Crippen LogP) is 2.77. The number of sulfonamides is 1. The molecular formula is C24H25N3O7S2. The first-order valence-electron chi connectivity index (χ1n) is 10.8. The molecule has 0 aliphatic carbocycles. The van der Waals surface area contributed by atoms with Crippen LogP contribution in [0.3, 0.4) is 0 Å². The Balaban J connectivity index is 1.91. The van der Waals surface area contributed by atoms with E-state index in [1.807, 2.05) is 42.5 Å². The van der Waals surface area contributed by atoms with Gasteiger partial charge in [-0.15, -0.1) is 0 Å². The van der Waals surface area contributed by atoms with Crippen molar-refractivity contribution in [1.82, 2.24) is 10.0 Å². The number of fused-ring (bicyclic) bond motifs is 1. The summed E-state index contributed by atoms with van der Waals surface area (Å²) in [7, 11) is -2.94. The quantitative estimate of drug-likeness (QED) is 0.220. The molecule has 1 atom stereocenters. The van der Waals surface area contributed by atoms with E-state index in [-0.39, 0.29) is 29.2 Å². The number of thiol groups is 1. The molecule has 0 aliphatic rings. The Morgan fingerprint density at radius 1 is 1.14 bits per heavy atom. The standard InChI is InChI=1S/C24H25N3O7S2/c1-25-24(31)27(35)19-9-10-22(36(32,33)26-18(15-28)13-23(29)30)21(14-19)34-12-11-17-7-4-6-16-5-2-3-8-20(16)17/h2-10,14-15,18,26,35H,11-13H2,1H3,(H,25,31)(H,29,30). The summed E-state index contributed by atoms with van der Waals surface area (Å²) in [6, 6.07) is 15.5. The molecule has 190 valence electrons. The van der Waals surface area contributed by atoms with Crippen molar-refractivity contribution in [3.8, 4) is 5.75 Å². The van der Waals surface area contributed by atoms with Crippen LogP contribution in [0.1, 0.15) is 12.0 Å². The normalized spacial score (nSPS) is 12.1. The van der Waals surface area contributed by atoms with Crippen LogP contribution in [0.25, 0.3) is 10.8 Å². The van der Waals surface area contributed by atoms with Gasteiger partial charge in [0.05, 0.1) is 24.8 Å². The molecule has 3 rings (SSSR count). The average molecular weight is 532 g/mol. The number of hydrogen-bond donors (Lipinski definition) is 4. The van der Waals surface area contributed by atoms with E-state index < -0.39 is 34.5 Å². The van der Waals surface area contributed by atoms with Gasteiger partial charge in [-0.25, -0.2) is 22.2 Å². The molecule has 0 fully saturated rings. The van der Waals surface area contributed by atoms with Crippen LogP contribution >= 0.6 is 12.8 Å². The maximum absolute atomic E-state index is 13.0. The van der Waals surface area contributed by atoms with Crippen LogP contribution in [0, 0.1) is 0 Å². The van der Waals surface area contributed by atoms with Gasteiger partial charge in [0.1, 0.15) is 16.9 Å². The lowest BCUT2D eigenvalue weighted by atomic mass is 10.0. The third-order valence-electron chi connectivity index (χ3n) is 5.24. The van der Waals surface area contributed by atoms with Gasteiger partial charge in [0.2, 0.25) is 10.0 Å². The van der Waals surface area contributed by atoms with E-state index >= 15 is 0 Å². The molecule has 0 spiro atoms. The molecule has 3 N–H and O–H groups in total. The van der Waals surface area contributed by atoms with E-state index in [0.29, 0.717) is 6.42 Å². The molecule has 36 heavy (non-hydrogen) atoms. The average Bonchev–Trinajstić information content (AvgIpc) is 2.86. The van der Waals surface area contributed by atoms with Crippen LogP contribution in [0.5, 0.6) is 5.75 Å². The second-order valence-corrected chi connectivity index (χ2v) is 9.78. The predicted molar refractivity (Wildman–Crippen MR) is 138 cm³/mol. The summed E-state index contributed by atoms with van der Waals surface area (Å²) in [4.78, 5) is 33.9. The third-order valence-corrected chi connectivity index (χ3v) is 7.18. The Labute approximate surface area is 213 Å². The van der Waals surface area contributed by atoms with Crippen LogP contribution < -0.4 is 19.1 Å². The van der Waals surface area contributed by atoms with Gasteiger partial charge in [-0.2, -0.15) is 0 Å². The summed E-state index contributed by atoms with van der Waals surface area (Å²) in [5.74, 6) is -1.43. The van der Waals surface area contributed by atoms with Crippen molar-refractivity contribution in [2.45, 2.75) is 23.8 Å². The second-order valence-electron chi connectivity index (χ2n) is 7.70. The first kappa shape index (κ1) is 27.0. The minimum Gasteiger partial charge on any atom is -0.492 e. The fourth-order valence-corrected chi connectivity index (χ4v) is 5.06. The highest BCUT2D eigenvalue weighted by Gasteiger charge is 2.26. The fourth-order valence-electron chi connectivity index (χ4n) is 3.54. The van der Waals surface area contributed by atoms with Crippen LogP contribution in [-0.2, 0) is 26.0 Å². The number of carboxylic acid groups (broad SMARTS) is 1. The second kappa shape index (κ2) is 11.9. The molecule has 0 heterocycles. The highest BCUT2D eigenvalue weighted by Crippen LogP contribution is 2.31. The van der Waals surface area contributed by atoms with Gasteiger partial charge in [-0.05, 0) is 28.5 Å². The van der Waals surface area contributed by atoms with E-state index in [4.69, 9.17) is 9.84 Å². The van der Waals surface area contributed by atoms with E-state index in [9.17, 15) is 22.8 Å². The molecular weight excluding hydrogens is 506 g/mol. The van der Waals surface area contributed by atoms with Crippen LogP contribution in [0.15, 0.2) is 65.6 Å². The molecule has 3 aromatic carbocycles. The molecule has 0 aliphatic heterocycles. The number of carbonyl (C=O) groups excluding carboxylic acids is 2. The minimum atomic E-state index is -4.36. The lowest BCUT2D eigenvalue weighted by Crippen LogP contribution is -2.37. The Morgan fingerprint density at radius 2 is 1.86 bits per heavy atom. The van der Waals surface area contributed by atoms with Gasteiger partial charge in [0.25, 0.3) is 0 Å². The summed E-state index contributed by atoms with van der Waals surface area (Å²) in [6.45, 7) is 0.0960. The number of aliphatic carboxylic acids is 1. The Bertz CT molecular complexity index is 1370. The number of nitrogens with zero attached hydrogens (tertiary/aromatic N) is 1. The topological polar surface area (TPSA) is 142 Å². The molecule has 10 nitrogen and oxygen atoms in total. The Kier molecular flexibility index (Phi) is 8.91. The van der Waals surface area contributed by atoms with Gasteiger partial charge in [0.15, 0.2) is 0 Å². The molecule has 0 bridgehead atoms. The molecule has 0 saturated carbocycles. The fraction of sp³-hybridized carbons (Fsp3) is 0.208. The number of urea groups is 1. The van der Waals surface area contributed by atoms with Crippen molar-refractivity contribution >= 4 is 57.6 Å². The monoisotopic (exact) mass is 531 g/mol. The number of hydrogen-bond acceptors (Lipinski definition) is 7. The van der Waals surface area contributed by atoms with E-state index in [1.54, 1.807) is 0 Å². The molecule has 0 aromatic heterocycles. The molecule has 0 saturated heterocycles. The zero-order chi connectivity index (χ0) is 26.3. The zero-order valence-corrected chi connectivity index (χ0v) is 21.0. The maximum atomic E-state index is 13.0.